The molecule has 1 aromatic carbocycles. The van der Waals surface area contributed by atoms with Gasteiger partial charge in [-0.05, 0) is 139 Å². The Bertz CT molecular complexity index is 3110. The fourth-order valence-corrected chi connectivity index (χ4v) is 10.5. The van der Waals surface area contributed by atoms with Gasteiger partial charge in [0, 0.05) is 19.4 Å². The molecule has 598 valence electrons. The number of unbranched alkanes of at least 4 members (excludes halogenated alkanes) is 2. The van der Waals surface area contributed by atoms with Gasteiger partial charge in [-0.1, -0.05) is 39.8 Å². The van der Waals surface area contributed by atoms with Crippen molar-refractivity contribution in [2.45, 2.75) is 216 Å². The summed E-state index contributed by atoms with van der Waals surface area (Å²) < 4.78 is 0. The zero-order chi connectivity index (χ0) is 80.5. The van der Waals surface area contributed by atoms with Gasteiger partial charge in [0.25, 0.3) is 0 Å². The van der Waals surface area contributed by atoms with Crippen molar-refractivity contribution in [1.82, 2.24) is 63.8 Å². The van der Waals surface area contributed by atoms with Crippen LogP contribution in [0.15, 0.2) is 29.3 Å². The molecule has 0 spiro atoms. The number of carboxylic acid groups (broad SMARTS) is 2. The van der Waals surface area contributed by atoms with Gasteiger partial charge < -0.3 is 129 Å². The molecule has 30 N–H and O–H groups in total. The molecule has 13 amide bonds. The highest BCUT2D eigenvalue weighted by Crippen LogP contribution is 2.15. The van der Waals surface area contributed by atoms with Gasteiger partial charge in [-0.25, -0.2) is 4.79 Å². The van der Waals surface area contributed by atoms with E-state index in [-0.39, 0.29) is 107 Å². The predicted molar refractivity (Wildman–Crippen MR) is 386 cm³/mol. The van der Waals surface area contributed by atoms with Crippen LogP contribution in [-0.4, -0.2) is 255 Å². The van der Waals surface area contributed by atoms with Crippen LogP contribution in [0.4, 0.5) is 0 Å². The first-order chi connectivity index (χ1) is 49.8. The van der Waals surface area contributed by atoms with Crippen molar-refractivity contribution in [3.05, 3.63) is 29.8 Å². The molecule has 0 fully saturated rings. The van der Waals surface area contributed by atoms with Gasteiger partial charge in [-0.15, -0.1) is 0 Å². The molecule has 40 nitrogen and oxygen atoms in total. The number of rotatable bonds is 53. The fraction of sp³-hybridized carbons (Fsp3) is 0.662. The summed E-state index contributed by atoms with van der Waals surface area (Å²) in [7, 11) is 0. The number of nitrogens with two attached hydrogens (primary N) is 6. The maximum Gasteiger partial charge on any atom is 0.326 e. The van der Waals surface area contributed by atoms with Crippen molar-refractivity contribution in [2.24, 2.45) is 51.2 Å². The van der Waals surface area contributed by atoms with Gasteiger partial charge in [-0.2, -0.15) is 11.8 Å². The Labute approximate surface area is 618 Å². The Kier molecular flexibility index (Phi) is 44.6. The molecule has 0 aromatic heterocycles. The Morgan fingerprint density at radius 3 is 1.37 bits per heavy atom. The van der Waals surface area contributed by atoms with Gasteiger partial charge in [0.05, 0.1) is 31.8 Å². The number of phenolic OH excluding ortho intramolecular Hbond substituents is 1. The smallest absolute Gasteiger partial charge is 0.326 e. The average molecular weight is 1530 g/mol. The van der Waals surface area contributed by atoms with E-state index in [1.54, 1.807) is 34.0 Å². The second kappa shape index (κ2) is 50.0. The number of aliphatic imine (C=N–C) groups is 1. The number of carbonyl (C=O) groups is 15. The summed E-state index contributed by atoms with van der Waals surface area (Å²) in [6, 6.07) is -15.2. The lowest BCUT2D eigenvalue weighted by Crippen LogP contribution is -2.62. The lowest BCUT2D eigenvalue weighted by molar-refractivity contribution is -0.142. The largest absolute Gasteiger partial charge is 0.508 e. The van der Waals surface area contributed by atoms with Crippen molar-refractivity contribution < 1.29 is 103 Å². The molecule has 41 heteroatoms. The van der Waals surface area contributed by atoms with E-state index in [4.69, 9.17) is 34.4 Å². The SMILES string of the molecule is CSCC[C@H](NC(=O)[C@@H](NC(=O)[C@H](CC(C)C)NC(=O)[C@H](C)NC(=O)[C@H](CCCN=C(N)N)NC(=O)[C@@H](NC(=O)[C@H](Cc1ccc(O)cc1)NC(=O)[C@H](CO)NC(=O)[C@@H](N)CCC(N)=O)C(C)C)[C@@H](C)O)C(=O)N[C@@H](CC(=O)O)C(=O)N[C@@H](CO)C(=O)N[C@@H](CCCCN)C(=O)N[C@@H](CCCCN)C(=O)O. The minimum absolute atomic E-state index is 0.00554. The van der Waals surface area contributed by atoms with E-state index in [0.717, 1.165) is 6.92 Å². The molecule has 0 radical (unpaired) electrons. The zero-order valence-corrected chi connectivity index (χ0v) is 61.6. The number of aromatic hydroxyl groups is 1. The summed E-state index contributed by atoms with van der Waals surface area (Å²) in [5.41, 5.74) is 33.6. The Morgan fingerprint density at radius 2 is 0.887 bits per heavy atom. The van der Waals surface area contributed by atoms with E-state index in [2.05, 4.69) is 68.8 Å². The summed E-state index contributed by atoms with van der Waals surface area (Å²) in [5, 5.41) is 89.6. The molecule has 0 heterocycles. The second-order valence-corrected chi connectivity index (χ2v) is 26.9. The van der Waals surface area contributed by atoms with Crippen molar-refractivity contribution >= 4 is 106 Å². The third kappa shape index (κ3) is 36.4. The number of carboxylic acids is 2. The van der Waals surface area contributed by atoms with E-state index in [1.165, 1.54) is 43.0 Å². The average Bonchev–Trinajstić information content (AvgIpc) is 0.858. The number of phenols is 1. The second-order valence-electron chi connectivity index (χ2n) is 26.0. The fourth-order valence-electron chi connectivity index (χ4n) is 10.1. The molecule has 0 saturated carbocycles. The van der Waals surface area contributed by atoms with Crippen molar-refractivity contribution in [3.8, 4) is 5.75 Å². The first-order valence-corrected chi connectivity index (χ1v) is 36.0. The molecule has 0 saturated heterocycles. The number of carbonyl (C=O) groups excluding carboxylic acids is 13. The molecular formula is C65H111N19O21S. The maximum absolute atomic E-state index is 14.3. The number of aliphatic hydroxyl groups excluding tert-OH is 3. The number of thioether (sulfide) groups is 1. The number of primary amides is 1. The third-order valence-corrected chi connectivity index (χ3v) is 16.7. The Hall–Kier alpha value is -9.55. The monoisotopic (exact) mass is 1530 g/mol. The first-order valence-electron chi connectivity index (χ1n) is 34.6. The van der Waals surface area contributed by atoms with Crippen LogP contribution in [0.25, 0.3) is 0 Å². The number of amides is 13. The summed E-state index contributed by atoms with van der Waals surface area (Å²) in [6.07, 6.45) is -1.04. The van der Waals surface area contributed by atoms with E-state index < -0.39 is 199 Å². The van der Waals surface area contributed by atoms with E-state index in [0.29, 0.717) is 24.8 Å². The summed E-state index contributed by atoms with van der Waals surface area (Å²) in [5.74, 6) is -17.8. The van der Waals surface area contributed by atoms with Crippen LogP contribution in [0, 0.1) is 11.8 Å². The molecule has 0 unspecified atom stereocenters. The molecule has 0 bridgehead atoms. The number of hydrogen-bond donors (Lipinski definition) is 24. The molecule has 0 aliphatic heterocycles. The third-order valence-electron chi connectivity index (χ3n) is 16.1. The van der Waals surface area contributed by atoms with Gasteiger partial charge >= 0.3 is 11.9 Å². The van der Waals surface area contributed by atoms with Crippen LogP contribution >= 0.6 is 11.8 Å². The highest BCUT2D eigenvalue weighted by atomic mass is 32.2. The quantitative estimate of drug-likeness (QED) is 0.0164. The molecule has 0 aliphatic rings. The number of nitrogens with one attached hydrogen (secondary N) is 12. The van der Waals surface area contributed by atoms with Gasteiger partial charge in [0.2, 0.25) is 76.8 Å². The Morgan fingerprint density at radius 1 is 0.472 bits per heavy atom. The first kappa shape index (κ1) is 94.5. The molecule has 106 heavy (non-hydrogen) atoms. The van der Waals surface area contributed by atoms with Crippen LogP contribution < -0.4 is 98.2 Å². The maximum atomic E-state index is 14.3. The number of nitrogens with zero attached hydrogens (tertiary/aromatic N) is 1. The molecule has 1 aromatic rings. The molecule has 1 rings (SSSR count). The summed E-state index contributed by atoms with van der Waals surface area (Å²) in [6.45, 7) is 7.08. The van der Waals surface area contributed by atoms with Crippen LogP contribution in [0.1, 0.15) is 131 Å². The highest BCUT2D eigenvalue weighted by Gasteiger charge is 2.39. The highest BCUT2D eigenvalue weighted by molar-refractivity contribution is 7.98. The lowest BCUT2D eigenvalue weighted by atomic mass is 9.99. The van der Waals surface area contributed by atoms with Crippen LogP contribution in [-0.2, 0) is 78.3 Å². The molecule has 0 aliphatic carbocycles. The van der Waals surface area contributed by atoms with Crippen molar-refractivity contribution in [2.75, 3.05) is 44.9 Å². The number of benzene rings is 1. The molecular weight excluding hydrogens is 1410 g/mol. The summed E-state index contributed by atoms with van der Waals surface area (Å²) in [4.78, 5) is 206. The van der Waals surface area contributed by atoms with Gasteiger partial charge in [0.15, 0.2) is 5.96 Å². The minimum atomic E-state index is -2.01. The van der Waals surface area contributed by atoms with E-state index in [1.807, 2.05) is 0 Å². The topological polar surface area (TPSA) is 690 Å². The normalized spacial score (nSPS) is 15.1. The van der Waals surface area contributed by atoms with Gasteiger partial charge in [-0.3, -0.25) is 72.1 Å². The summed E-state index contributed by atoms with van der Waals surface area (Å²) >= 11 is 1.20. The van der Waals surface area contributed by atoms with E-state index >= 15 is 0 Å². The zero-order valence-electron chi connectivity index (χ0n) is 60.8. The number of aliphatic carboxylic acids is 2. The lowest BCUT2D eigenvalue weighted by Gasteiger charge is -2.29. The Balaban J connectivity index is 3.51. The van der Waals surface area contributed by atoms with Crippen LogP contribution in [0.2, 0.25) is 0 Å². The number of guanidine groups is 1. The van der Waals surface area contributed by atoms with Crippen LogP contribution in [0.3, 0.4) is 0 Å². The standard InChI is InChI=1S/C65H111N19O21S/c1-32(2)27-43(58(98)84-51(35(6)87)63(103)76-41(22-26-106-7)56(96)80-45(29-49(90)91)57(97)82-47(31-86)60(100)74-39(13-8-10-23-66)55(95)77-42(64(104)105)14-9-11-24-67)78-52(92)34(5)73-54(94)40(15-12-25-72-65(70)71)75-62(102)50(33(3)4)83-59(99)44(28-36-16-18-37(88)19-17-36)79-61(101)46(30-85)81-53(93)38(68)20-21-48(69)89/h16-19,32-35,38-47,50-51,85-88H,8-15,20-31,66-68H2,1-7H3,(H2,69,89)(H,73,94)(H,74,100)(H,75,102)(H,76,103)(H,77,95)(H,78,92)(H,79,101)(H,80,96)(H,81,93)(H,82,97)(H,83,99)(H,84,98)(H,90,91)(H,104,105)(H4,70,71,72)/t34-,35+,38-,39-,40-,41-,42-,43-,44-,45-,46-,47-,50-,51-/m0/s1. The van der Waals surface area contributed by atoms with Crippen LogP contribution in [0.5, 0.6) is 5.75 Å². The van der Waals surface area contributed by atoms with Crippen molar-refractivity contribution in [1.29, 1.82) is 0 Å². The number of hydrogen-bond acceptors (Lipinski definition) is 24. The minimum Gasteiger partial charge on any atom is -0.508 e. The van der Waals surface area contributed by atoms with Gasteiger partial charge in [0.1, 0.15) is 78.3 Å². The predicted octanol–water partition coefficient (Wildman–Crippen LogP) is -7.94. The number of aliphatic hydroxyl groups is 3. The van der Waals surface area contributed by atoms with Crippen molar-refractivity contribution in [3.63, 3.8) is 0 Å². The van der Waals surface area contributed by atoms with E-state index in [9.17, 15) is 103 Å². The molecule has 14 atom stereocenters.